The molecule has 7 heteroatoms. The number of aromatic amines is 1. The lowest BCUT2D eigenvalue weighted by Gasteiger charge is -2.30. The van der Waals surface area contributed by atoms with E-state index in [1.807, 2.05) is 24.3 Å². The van der Waals surface area contributed by atoms with E-state index in [0.29, 0.717) is 30.6 Å². The predicted octanol–water partition coefficient (Wildman–Crippen LogP) is 2.02. The van der Waals surface area contributed by atoms with Crippen molar-refractivity contribution in [2.75, 3.05) is 20.2 Å². The molecule has 1 atom stereocenters. The Kier molecular flexibility index (Phi) is 4.50. The normalized spacial score (nSPS) is 17.5. The third-order valence-electron chi connectivity index (χ3n) is 4.31. The lowest BCUT2D eigenvalue weighted by atomic mass is 9.97. The Hall–Kier alpha value is -2.83. The smallest absolute Gasteiger partial charge is 0.308 e. The summed E-state index contributed by atoms with van der Waals surface area (Å²) >= 11 is 0. The number of amides is 1. The molecule has 3 rings (SSSR count). The van der Waals surface area contributed by atoms with Crippen LogP contribution < -0.4 is 4.74 Å². The van der Waals surface area contributed by atoms with Gasteiger partial charge >= 0.3 is 5.97 Å². The molecule has 0 radical (unpaired) electrons. The highest BCUT2D eigenvalue weighted by Gasteiger charge is 2.30. The number of aromatic nitrogens is 2. The van der Waals surface area contributed by atoms with Gasteiger partial charge in [-0.2, -0.15) is 5.10 Å². The minimum atomic E-state index is -0.852. The number of rotatable bonds is 4. The highest BCUT2D eigenvalue weighted by Crippen LogP contribution is 2.26. The highest BCUT2D eigenvalue weighted by atomic mass is 16.5. The molecule has 24 heavy (non-hydrogen) atoms. The number of piperidine rings is 1. The maximum Gasteiger partial charge on any atom is 0.308 e. The van der Waals surface area contributed by atoms with Crippen LogP contribution in [0.15, 0.2) is 30.5 Å². The number of hydrogen-bond acceptors (Lipinski definition) is 4. The van der Waals surface area contributed by atoms with Crippen molar-refractivity contribution in [3.05, 3.63) is 36.0 Å². The first-order valence-corrected chi connectivity index (χ1v) is 7.80. The Morgan fingerprint density at radius 1 is 1.33 bits per heavy atom. The van der Waals surface area contributed by atoms with Gasteiger partial charge in [-0.3, -0.25) is 14.7 Å². The SMILES string of the molecule is COc1ccc(-c2[nH]ncc2C(=O)N2CCC[C@@H](C(=O)O)C2)cc1. The monoisotopic (exact) mass is 329 g/mol. The van der Waals surface area contributed by atoms with Crippen molar-refractivity contribution < 1.29 is 19.4 Å². The average Bonchev–Trinajstić information content (AvgIpc) is 3.11. The third kappa shape index (κ3) is 3.10. The van der Waals surface area contributed by atoms with Gasteiger partial charge in [0.15, 0.2) is 0 Å². The summed E-state index contributed by atoms with van der Waals surface area (Å²) in [6.07, 6.45) is 2.79. The fourth-order valence-corrected chi connectivity index (χ4v) is 2.96. The van der Waals surface area contributed by atoms with Crippen LogP contribution in [0.25, 0.3) is 11.3 Å². The Bertz CT molecular complexity index is 739. The first-order chi connectivity index (χ1) is 11.6. The molecule has 0 spiro atoms. The van der Waals surface area contributed by atoms with Crippen molar-refractivity contribution in [2.45, 2.75) is 12.8 Å². The van der Waals surface area contributed by atoms with Crippen molar-refractivity contribution in [3.63, 3.8) is 0 Å². The van der Waals surface area contributed by atoms with E-state index in [0.717, 1.165) is 11.3 Å². The topological polar surface area (TPSA) is 95.5 Å². The van der Waals surface area contributed by atoms with Crippen LogP contribution in [0.3, 0.4) is 0 Å². The van der Waals surface area contributed by atoms with E-state index in [1.165, 1.54) is 6.20 Å². The number of carbonyl (C=O) groups is 2. The summed E-state index contributed by atoms with van der Waals surface area (Å²) in [6.45, 7) is 0.803. The number of carboxylic acids is 1. The molecule has 2 N–H and O–H groups in total. The lowest BCUT2D eigenvalue weighted by Crippen LogP contribution is -2.42. The number of H-pyrrole nitrogens is 1. The minimum Gasteiger partial charge on any atom is -0.497 e. The third-order valence-corrected chi connectivity index (χ3v) is 4.31. The Morgan fingerprint density at radius 2 is 2.08 bits per heavy atom. The number of hydrogen-bond donors (Lipinski definition) is 2. The first-order valence-electron chi connectivity index (χ1n) is 7.80. The highest BCUT2D eigenvalue weighted by molar-refractivity contribution is 6.00. The Balaban J connectivity index is 1.83. The minimum absolute atomic E-state index is 0.194. The zero-order chi connectivity index (χ0) is 17.1. The molecule has 0 bridgehead atoms. The molecule has 126 valence electrons. The van der Waals surface area contributed by atoms with Gasteiger partial charge in [-0.25, -0.2) is 0 Å². The number of nitrogens with one attached hydrogen (secondary N) is 1. The Labute approximate surface area is 139 Å². The van der Waals surface area contributed by atoms with E-state index < -0.39 is 11.9 Å². The summed E-state index contributed by atoms with van der Waals surface area (Å²) < 4.78 is 5.14. The van der Waals surface area contributed by atoms with Crippen LogP contribution in [-0.4, -0.2) is 52.3 Å². The maximum absolute atomic E-state index is 12.8. The van der Waals surface area contributed by atoms with Gasteiger partial charge in [-0.15, -0.1) is 0 Å². The molecule has 1 aromatic carbocycles. The number of nitrogens with zero attached hydrogens (tertiary/aromatic N) is 2. The molecule has 1 aliphatic heterocycles. The van der Waals surface area contributed by atoms with Crippen LogP contribution in [0, 0.1) is 5.92 Å². The van der Waals surface area contributed by atoms with Gasteiger partial charge in [-0.1, -0.05) is 0 Å². The van der Waals surface area contributed by atoms with Crippen LogP contribution in [-0.2, 0) is 4.79 Å². The van der Waals surface area contributed by atoms with E-state index in [4.69, 9.17) is 4.74 Å². The number of methoxy groups -OCH3 is 1. The van der Waals surface area contributed by atoms with Crippen molar-refractivity contribution in [3.8, 4) is 17.0 Å². The van der Waals surface area contributed by atoms with E-state index in [9.17, 15) is 14.7 Å². The van der Waals surface area contributed by atoms with Gasteiger partial charge in [-0.05, 0) is 37.1 Å². The maximum atomic E-state index is 12.8. The average molecular weight is 329 g/mol. The van der Waals surface area contributed by atoms with E-state index >= 15 is 0 Å². The number of aliphatic carboxylic acids is 1. The second-order valence-corrected chi connectivity index (χ2v) is 5.82. The van der Waals surface area contributed by atoms with Gasteiger partial charge in [0.25, 0.3) is 5.91 Å². The molecule has 1 aromatic heterocycles. The molecular weight excluding hydrogens is 310 g/mol. The summed E-state index contributed by atoms with van der Waals surface area (Å²) in [5.74, 6) is -0.818. The zero-order valence-corrected chi connectivity index (χ0v) is 13.4. The second-order valence-electron chi connectivity index (χ2n) is 5.82. The van der Waals surface area contributed by atoms with E-state index in [2.05, 4.69) is 10.2 Å². The molecule has 7 nitrogen and oxygen atoms in total. The summed E-state index contributed by atoms with van der Waals surface area (Å²) in [5, 5.41) is 16.0. The van der Waals surface area contributed by atoms with Crippen molar-refractivity contribution in [1.82, 2.24) is 15.1 Å². The molecule has 0 aliphatic carbocycles. The van der Waals surface area contributed by atoms with Crippen LogP contribution in [0.4, 0.5) is 0 Å². The van der Waals surface area contributed by atoms with Crippen molar-refractivity contribution >= 4 is 11.9 Å². The van der Waals surface area contributed by atoms with Gasteiger partial charge in [0.05, 0.1) is 30.5 Å². The molecule has 2 heterocycles. The molecule has 0 saturated carbocycles. The van der Waals surface area contributed by atoms with E-state index in [1.54, 1.807) is 12.0 Å². The molecule has 1 saturated heterocycles. The summed E-state index contributed by atoms with van der Waals surface area (Å²) in [5.41, 5.74) is 1.90. The van der Waals surface area contributed by atoms with Gasteiger partial charge < -0.3 is 14.7 Å². The van der Waals surface area contributed by atoms with Gasteiger partial charge in [0, 0.05) is 18.7 Å². The van der Waals surface area contributed by atoms with E-state index in [-0.39, 0.29) is 12.5 Å². The molecule has 0 unspecified atom stereocenters. The van der Waals surface area contributed by atoms with Crippen molar-refractivity contribution in [2.24, 2.45) is 5.92 Å². The first kappa shape index (κ1) is 16.0. The largest absolute Gasteiger partial charge is 0.497 e. The van der Waals surface area contributed by atoms with Crippen molar-refractivity contribution in [1.29, 1.82) is 0 Å². The number of benzene rings is 1. The molecule has 1 fully saturated rings. The summed E-state index contributed by atoms with van der Waals surface area (Å²) in [4.78, 5) is 25.6. The molecular formula is C17H19N3O4. The van der Waals surface area contributed by atoms with Crippen LogP contribution in [0.2, 0.25) is 0 Å². The standard InChI is InChI=1S/C17H19N3O4/c1-24-13-6-4-11(5-7-13)15-14(9-18-19-15)16(21)20-8-2-3-12(10-20)17(22)23/h4-7,9,12H,2-3,8,10H2,1H3,(H,18,19)(H,22,23)/t12-/m1/s1. The fourth-order valence-electron chi connectivity index (χ4n) is 2.96. The predicted molar refractivity (Wildman–Crippen MR) is 86.8 cm³/mol. The van der Waals surface area contributed by atoms with Crippen LogP contribution >= 0.6 is 0 Å². The van der Waals surface area contributed by atoms with Gasteiger partial charge in [0.2, 0.25) is 0 Å². The summed E-state index contributed by atoms with van der Waals surface area (Å²) in [7, 11) is 1.59. The molecule has 2 aromatic rings. The second kappa shape index (κ2) is 6.74. The van der Waals surface area contributed by atoms with Gasteiger partial charge in [0.1, 0.15) is 5.75 Å². The van der Waals surface area contributed by atoms with Crippen LogP contribution in [0.5, 0.6) is 5.75 Å². The van der Waals surface area contributed by atoms with Crippen LogP contribution in [0.1, 0.15) is 23.2 Å². The number of likely N-dealkylation sites (tertiary alicyclic amines) is 1. The number of carboxylic acid groups (broad SMARTS) is 1. The zero-order valence-electron chi connectivity index (χ0n) is 13.4. The Morgan fingerprint density at radius 3 is 2.75 bits per heavy atom. The quantitative estimate of drug-likeness (QED) is 0.895. The fraction of sp³-hybridized carbons (Fsp3) is 0.353. The number of ether oxygens (including phenoxy) is 1. The lowest BCUT2D eigenvalue weighted by molar-refractivity contribution is -0.143. The number of carbonyl (C=O) groups excluding carboxylic acids is 1. The molecule has 1 amide bonds. The summed E-state index contributed by atoms with van der Waals surface area (Å²) in [6, 6.07) is 7.32. The molecule has 1 aliphatic rings.